The predicted octanol–water partition coefficient (Wildman–Crippen LogP) is 2.81. The molecule has 10 heteroatoms. The van der Waals surface area contributed by atoms with Crippen molar-refractivity contribution in [1.29, 1.82) is 0 Å². The summed E-state index contributed by atoms with van der Waals surface area (Å²) in [6, 6.07) is 2.98. The lowest BCUT2D eigenvalue weighted by atomic mass is 10.0. The van der Waals surface area contributed by atoms with Crippen molar-refractivity contribution in [3.05, 3.63) is 47.2 Å². The van der Waals surface area contributed by atoms with E-state index in [9.17, 15) is 22.0 Å². The Morgan fingerprint density at radius 3 is 2.59 bits per heavy atom. The van der Waals surface area contributed by atoms with Gasteiger partial charge in [0.2, 0.25) is 5.03 Å². The molecule has 1 atom stereocenters. The Hall–Kier alpha value is -2.33. The zero-order valence-electron chi connectivity index (χ0n) is 16.3. The highest BCUT2D eigenvalue weighted by molar-refractivity contribution is 7.89. The van der Waals surface area contributed by atoms with Crippen LogP contribution in [0.4, 0.5) is 8.78 Å². The molecule has 7 nitrogen and oxygen atoms in total. The number of rotatable bonds is 6. The fourth-order valence-corrected chi connectivity index (χ4v) is 5.09. The molecule has 0 amide bonds. The van der Waals surface area contributed by atoms with Crippen LogP contribution in [-0.4, -0.2) is 48.2 Å². The summed E-state index contributed by atoms with van der Waals surface area (Å²) in [7, 11) is -4.02. The van der Waals surface area contributed by atoms with Crippen LogP contribution in [0.25, 0.3) is 0 Å². The predicted molar refractivity (Wildman–Crippen MR) is 101 cm³/mol. The van der Waals surface area contributed by atoms with Gasteiger partial charge in [-0.1, -0.05) is 6.92 Å². The third-order valence-electron chi connectivity index (χ3n) is 4.69. The van der Waals surface area contributed by atoms with Crippen molar-refractivity contribution in [3.8, 4) is 0 Å². The maximum atomic E-state index is 13.5. The third kappa shape index (κ3) is 4.81. The highest BCUT2D eigenvalue weighted by atomic mass is 32.2. The lowest BCUT2D eigenvalue weighted by molar-refractivity contribution is 0.0521. The molecule has 0 bridgehead atoms. The molecule has 0 N–H and O–H groups in total. The van der Waals surface area contributed by atoms with Crippen LogP contribution in [0.15, 0.2) is 29.4 Å². The van der Waals surface area contributed by atoms with E-state index in [1.807, 2.05) is 6.92 Å². The van der Waals surface area contributed by atoms with Gasteiger partial charge in [0.05, 0.1) is 13.2 Å². The molecule has 3 rings (SSSR count). The highest BCUT2D eigenvalue weighted by Crippen LogP contribution is 2.25. The maximum Gasteiger partial charge on any atom is 0.342 e. The van der Waals surface area contributed by atoms with Crippen LogP contribution < -0.4 is 0 Å². The second kappa shape index (κ2) is 8.58. The topological polar surface area (TPSA) is 81.5 Å². The first-order valence-electron chi connectivity index (χ1n) is 9.40. The van der Waals surface area contributed by atoms with Crippen molar-refractivity contribution in [2.45, 2.75) is 38.3 Å². The van der Waals surface area contributed by atoms with Crippen molar-refractivity contribution in [2.75, 3.05) is 19.7 Å². The number of piperidine rings is 1. The Kier molecular flexibility index (Phi) is 6.33. The Morgan fingerprint density at radius 1 is 1.28 bits per heavy atom. The molecular weight excluding hydrogens is 404 g/mol. The molecule has 1 saturated heterocycles. The van der Waals surface area contributed by atoms with E-state index in [4.69, 9.17) is 4.74 Å². The number of benzene rings is 1. The fourth-order valence-electron chi connectivity index (χ4n) is 3.40. The Morgan fingerprint density at radius 2 is 1.97 bits per heavy atom. The number of ether oxygens (including phenoxy) is 1. The van der Waals surface area contributed by atoms with Gasteiger partial charge in [-0.2, -0.15) is 9.40 Å². The normalized spacial score (nSPS) is 18.0. The molecule has 1 aromatic heterocycles. The van der Waals surface area contributed by atoms with Crippen LogP contribution in [-0.2, 0) is 21.3 Å². The monoisotopic (exact) mass is 427 g/mol. The first kappa shape index (κ1) is 21.4. The van der Waals surface area contributed by atoms with Gasteiger partial charge in [-0.05, 0) is 43.4 Å². The largest absolute Gasteiger partial charge is 0.462 e. The van der Waals surface area contributed by atoms with Crippen LogP contribution in [0, 0.1) is 17.6 Å². The lowest BCUT2D eigenvalue weighted by Crippen LogP contribution is -2.39. The molecule has 1 aromatic carbocycles. The lowest BCUT2D eigenvalue weighted by Gasteiger charge is -2.29. The standard InChI is InChI=1S/C19H23F2N3O4S/c1-3-28-19(25)17-12-23(11-14-7-15(20)9-16(21)8-14)22-18(17)29(26,27)24-6-4-5-13(2)10-24/h7-9,12-13H,3-6,10-11H2,1-2H3/t13-/m1/s1. The molecule has 29 heavy (non-hydrogen) atoms. The molecular formula is C19H23F2N3O4S. The molecule has 2 aromatic rings. The number of carbonyl (C=O) groups excluding carboxylic acids is 1. The highest BCUT2D eigenvalue weighted by Gasteiger charge is 2.35. The number of hydrogen-bond donors (Lipinski definition) is 0. The summed E-state index contributed by atoms with van der Waals surface area (Å²) in [6.45, 7) is 4.22. The second-order valence-electron chi connectivity index (χ2n) is 7.15. The number of halogens is 2. The minimum Gasteiger partial charge on any atom is -0.462 e. The van der Waals surface area contributed by atoms with E-state index < -0.39 is 32.7 Å². The molecule has 0 unspecified atom stereocenters. The van der Waals surface area contributed by atoms with E-state index in [2.05, 4.69) is 5.10 Å². The molecule has 2 heterocycles. The summed E-state index contributed by atoms with van der Waals surface area (Å²) in [6.07, 6.45) is 2.88. The molecule has 1 fully saturated rings. The Bertz CT molecular complexity index is 987. The molecule has 0 radical (unpaired) electrons. The van der Waals surface area contributed by atoms with E-state index in [-0.39, 0.29) is 30.2 Å². The van der Waals surface area contributed by atoms with Gasteiger partial charge in [0.1, 0.15) is 17.2 Å². The zero-order valence-corrected chi connectivity index (χ0v) is 17.1. The first-order chi connectivity index (χ1) is 13.7. The maximum absolute atomic E-state index is 13.5. The number of carbonyl (C=O) groups is 1. The van der Waals surface area contributed by atoms with Gasteiger partial charge in [-0.3, -0.25) is 4.68 Å². The average molecular weight is 427 g/mol. The Labute approximate surface area is 168 Å². The smallest absolute Gasteiger partial charge is 0.342 e. The van der Waals surface area contributed by atoms with Gasteiger partial charge in [0.25, 0.3) is 10.0 Å². The van der Waals surface area contributed by atoms with E-state index in [0.717, 1.165) is 31.0 Å². The summed E-state index contributed by atoms with van der Waals surface area (Å²) >= 11 is 0. The minimum absolute atomic E-state index is 0.0688. The Balaban J connectivity index is 1.99. The van der Waals surface area contributed by atoms with Gasteiger partial charge >= 0.3 is 5.97 Å². The average Bonchev–Trinajstić information content (AvgIpc) is 3.06. The van der Waals surface area contributed by atoms with E-state index in [0.29, 0.717) is 13.1 Å². The van der Waals surface area contributed by atoms with E-state index >= 15 is 0 Å². The third-order valence-corrected chi connectivity index (χ3v) is 6.50. The van der Waals surface area contributed by atoms with Gasteiger partial charge < -0.3 is 4.74 Å². The summed E-state index contributed by atoms with van der Waals surface area (Å²) in [5.74, 6) is -2.13. The van der Waals surface area contributed by atoms with E-state index in [1.54, 1.807) is 6.92 Å². The zero-order chi connectivity index (χ0) is 21.2. The van der Waals surface area contributed by atoms with Gasteiger partial charge in [0.15, 0.2) is 0 Å². The van der Waals surface area contributed by atoms with E-state index in [1.165, 1.54) is 15.2 Å². The summed E-state index contributed by atoms with van der Waals surface area (Å²) in [5.41, 5.74) is 0.0536. The van der Waals surface area contributed by atoms with Gasteiger partial charge in [-0.15, -0.1) is 0 Å². The minimum atomic E-state index is -4.02. The molecule has 1 aliphatic rings. The number of nitrogens with zero attached hydrogens (tertiary/aromatic N) is 3. The number of aromatic nitrogens is 2. The summed E-state index contributed by atoms with van der Waals surface area (Å²) in [5, 5.41) is 3.68. The molecule has 0 saturated carbocycles. The van der Waals surface area contributed by atoms with Crippen molar-refractivity contribution >= 4 is 16.0 Å². The second-order valence-corrected chi connectivity index (χ2v) is 9.01. The fraction of sp³-hybridized carbons (Fsp3) is 0.474. The van der Waals surface area contributed by atoms with Crippen LogP contribution in [0.5, 0.6) is 0 Å². The first-order valence-corrected chi connectivity index (χ1v) is 10.8. The number of sulfonamides is 1. The molecule has 158 valence electrons. The van der Waals surface area contributed by atoms with Crippen LogP contribution in [0.3, 0.4) is 0 Å². The van der Waals surface area contributed by atoms with Crippen molar-refractivity contribution in [1.82, 2.24) is 14.1 Å². The van der Waals surface area contributed by atoms with Crippen molar-refractivity contribution < 1.29 is 26.7 Å². The van der Waals surface area contributed by atoms with Crippen molar-refractivity contribution in [3.63, 3.8) is 0 Å². The SMILES string of the molecule is CCOC(=O)c1cn(Cc2cc(F)cc(F)c2)nc1S(=O)(=O)N1CCC[C@@H](C)C1. The van der Waals surface area contributed by atoms with Crippen LogP contribution >= 0.6 is 0 Å². The summed E-state index contributed by atoms with van der Waals surface area (Å²) in [4.78, 5) is 12.4. The molecule has 0 aliphatic carbocycles. The number of hydrogen-bond acceptors (Lipinski definition) is 5. The summed E-state index contributed by atoms with van der Waals surface area (Å²) < 4.78 is 60.7. The molecule has 0 spiro atoms. The van der Waals surface area contributed by atoms with Crippen molar-refractivity contribution in [2.24, 2.45) is 5.92 Å². The van der Waals surface area contributed by atoms with Crippen LogP contribution in [0.2, 0.25) is 0 Å². The van der Waals surface area contributed by atoms with Gasteiger partial charge in [-0.25, -0.2) is 22.0 Å². The van der Waals surface area contributed by atoms with Gasteiger partial charge in [0, 0.05) is 25.4 Å². The molecule has 1 aliphatic heterocycles. The number of esters is 1. The van der Waals surface area contributed by atoms with Crippen LogP contribution in [0.1, 0.15) is 42.6 Å². The quantitative estimate of drug-likeness (QED) is 0.662.